The van der Waals surface area contributed by atoms with Crippen molar-refractivity contribution < 1.29 is 31.1 Å². The standard InChI is InChI=1S/C17H27ClN2O7S2/c1-17(2,3)27-16(21)20-28(4,22)12-13-10-14(18)19-15(11-13)25-8-6-7-9-26-29(5,23)24/h10-11H,6-9,12H2,1-5H3. The van der Waals surface area contributed by atoms with Gasteiger partial charge in [-0.05, 0) is 45.2 Å². The second-order valence-corrected chi connectivity index (χ2v) is 11.8. The zero-order chi connectivity index (χ0) is 22.3. The predicted molar refractivity (Wildman–Crippen MR) is 111 cm³/mol. The predicted octanol–water partition coefficient (Wildman–Crippen LogP) is 3.40. The summed E-state index contributed by atoms with van der Waals surface area (Å²) < 4.78 is 53.3. The van der Waals surface area contributed by atoms with Crippen molar-refractivity contribution >= 4 is 37.5 Å². The quantitative estimate of drug-likeness (QED) is 0.305. The molecule has 1 amide bonds. The van der Waals surface area contributed by atoms with E-state index in [-0.39, 0.29) is 30.0 Å². The van der Waals surface area contributed by atoms with Gasteiger partial charge in [0.1, 0.15) is 10.8 Å². The zero-order valence-electron chi connectivity index (χ0n) is 17.1. The van der Waals surface area contributed by atoms with Gasteiger partial charge in [-0.15, -0.1) is 4.36 Å². The molecule has 0 saturated heterocycles. The monoisotopic (exact) mass is 470 g/mol. The van der Waals surface area contributed by atoms with Gasteiger partial charge in [-0.1, -0.05) is 11.6 Å². The van der Waals surface area contributed by atoms with Gasteiger partial charge in [-0.2, -0.15) is 8.42 Å². The molecule has 0 aliphatic carbocycles. The molecule has 0 spiro atoms. The first-order chi connectivity index (χ1) is 13.2. The maximum Gasteiger partial charge on any atom is 0.442 e. The van der Waals surface area contributed by atoms with Crippen molar-refractivity contribution in [1.82, 2.24) is 4.98 Å². The summed E-state index contributed by atoms with van der Waals surface area (Å²) in [6.45, 7) is 5.41. The van der Waals surface area contributed by atoms with Crippen molar-refractivity contribution in [2.24, 2.45) is 4.36 Å². The van der Waals surface area contributed by atoms with E-state index in [1.807, 2.05) is 0 Å². The third-order valence-electron chi connectivity index (χ3n) is 3.01. The summed E-state index contributed by atoms with van der Waals surface area (Å²) in [6, 6.07) is 3.08. The molecule has 0 N–H and O–H groups in total. The summed E-state index contributed by atoms with van der Waals surface area (Å²) in [5.41, 5.74) is -0.191. The van der Waals surface area contributed by atoms with Crippen LogP contribution in [0.25, 0.3) is 0 Å². The molecule has 0 aliphatic rings. The Kier molecular flexibility index (Phi) is 9.32. The van der Waals surface area contributed by atoms with Crippen molar-refractivity contribution in [3.8, 4) is 5.88 Å². The van der Waals surface area contributed by atoms with Gasteiger partial charge in [0.05, 0.1) is 35.0 Å². The molecule has 0 radical (unpaired) electrons. The third kappa shape index (κ3) is 12.7. The number of ether oxygens (including phenoxy) is 2. The highest BCUT2D eigenvalue weighted by atomic mass is 35.5. The fraction of sp³-hybridized carbons (Fsp3) is 0.647. The number of nitrogens with zero attached hydrogens (tertiary/aromatic N) is 2. The van der Waals surface area contributed by atoms with E-state index in [4.69, 9.17) is 21.1 Å². The number of aromatic nitrogens is 1. The molecule has 1 heterocycles. The van der Waals surface area contributed by atoms with Crippen LogP contribution in [0.15, 0.2) is 16.5 Å². The van der Waals surface area contributed by atoms with Gasteiger partial charge in [0.25, 0.3) is 10.1 Å². The molecule has 0 bridgehead atoms. The van der Waals surface area contributed by atoms with Crippen molar-refractivity contribution in [2.45, 2.75) is 45.0 Å². The lowest BCUT2D eigenvalue weighted by molar-refractivity contribution is 0.0607. The van der Waals surface area contributed by atoms with E-state index in [2.05, 4.69) is 13.5 Å². The van der Waals surface area contributed by atoms with Crippen LogP contribution in [0.4, 0.5) is 4.79 Å². The highest BCUT2D eigenvalue weighted by Gasteiger charge is 2.18. The van der Waals surface area contributed by atoms with Crippen molar-refractivity contribution in [1.29, 1.82) is 0 Å². The fourth-order valence-corrected chi connectivity index (χ4v) is 3.90. The lowest BCUT2D eigenvalue weighted by atomic mass is 10.2. The van der Waals surface area contributed by atoms with Crippen LogP contribution < -0.4 is 4.74 Å². The van der Waals surface area contributed by atoms with Gasteiger partial charge in [0.15, 0.2) is 0 Å². The Bertz CT molecular complexity index is 934. The summed E-state index contributed by atoms with van der Waals surface area (Å²) in [7, 11) is -6.35. The minimum atomic E-state index is -3.45. The molecule has 9 nitrogen and oxygen atoms in total. The first-order valence-electron chi connectivity index (χ1n) is 8.72. The van der Waals surface area contributed by atoms with Crippen LogP contribution in [0, 0.1) is 0 Å². The highest BCUT2D eigenvalue weighted by Crippen LogP contribution is 2.19. The molecule has 0 saturated carbocycles. The summed E-state index contributed by atoms with van der Waals surface area (Å²) in [5.74, 6) is 0.191. The average Bonchev–Trinajstić information content (AvgIpc) is 2.45. The summed E-state index contributed by atoms with van der Waals surface area (Å²) in [4.78, 5) is 15.8. The molecule has 1 rings (SSSR count). The SMILES string of the molecule is CC(C)(C)OC(=O)N=S(C)(=O)Cc1cc(Cl)nc(OCCCCOS(C)(=O)=O)c1. The minimum Gasteiger partial charge on any atom is -0.478 e. The molecule has 29 heavy (non-hydrogen) atoms. The second-order valence-electron chi connectivity index (χ2n) is 7.39. The maximum absolute atomic E-state index is 12.7. The molecule has 1 aromatic rings. The van der Waals surface area contributed by atoms with Crippen molar-refractivity contribution in [3.63, 3.8) is 0 Å². The van der Waals surface area contributed by atoms with Gasteiger partial charge in [-0.3, -0.25) is 4.18 Å². The number of hydrogen-bond acceptors (Lipinski definition) is 8. The minimum absolute atomic E-state index is 0.0347. The average molecular weight is 471 g/mol. The van der Waals surface area contributed by atoms with Crippen LogP contribution in [0.5, 0.6) is 5.88 Å². The molecule has 0 aromatic carbocycles. The topological polar surface area (TPSA) is 121 Å². The Balaban J connectivity index is 2.69. The zero-order valence-corrected chi connectivity index (χ0v) is 19.5. The molecule has 1 atom stereocenters. The Labute approximate surface area is 177 Å². The van der Waals surface area contributed by atoms with E-state index >= 15 is 0 Å². The highest BCUT2D eigenvalue weighted by molar-refractivity contribution is 7.92. The van der Waals surface area contributed by atoms with Crippen LogP contribution in [0.1, 0.15) is 39.2 Å². The molecular formula is C17H27ClN2O7S2. The Morgan fingerprint density at radius 2 is 1.76 bits per heavy atom. The van der Waals surface area contributed by atoms with E-state index in [1.54, 1.807) is 26.8 Å². The van der Waals surface area contributed by atoms with Crippen molar-refractivity contribution in [2.75, 3.05) is 25.7 Å². The van der Waals surface area contributed by atoms with Gasteiger partial charge < -0.3 is 9.47 Å². The first kappa shape index (κ1) is 25.6. The van der Waals surface area contributed by atoms with Gasteiger partial charge in [0, 0.05) is 12.3 Å². The molecule has 0 fully saturated rings. The number of rotatable bonds is 9. The lowest BCUT2D eigenvalue weighted by Crippen LogP contribution is -2.22. The van der Waals surface area contributed by atoms with Crippen LogP contribution in [0.3, 0.4) is 0 Å². The molecule has 12 heteroatoms. The van der Waals surface area contributed by atoms with Crippen LogP contribution >= 0.6 is 11.6 Å². The molecule has 1 unspecified atom stereocenters. The maximum atomic E-state index is 12.7. The summed E-state index contributed by atoms with van der Waals surface area (Å²) >= 11 is 5.99. The lowest BCUT2D eigenvalue weighted by Gasteiger charge is -2.17. The number of halogens is 1. The molecule has 166 valence electrons. The summed E-state index contributed by atoms with van der Waals surface area (Å²) in [5, 5.41) is 0.144. The van der Waals surface area contributed by atoms with Crippen LogP contribution in [-0.4, -0.2) is 55.0 Å². The van der Waals surface area contributed by atoms with E-state index in [0.717, 1.165) is 6.26 Å². The number of pyridine rings is 1. The van der Waals surface area contributed by atoms with E-state index in [0.29, 0.717) is 18.4 Å². The third-order valence-corrected chi connectivity index (χ3v) is 5.20. The number of amides is 1. The largest absolute Gasteiger partial charge is 0.478 e. The normalized spacial score (nSPS) is 14.1. The molecular weight excluding hydrogens is 444 g/mol. The van der Waals surface area contributed by atoms with E-state index < -0.39 is 31.5 Å². The van der Waals surface area contributed by atoms with E-state index in [9.17, 15) is 17.4 Å². The Hall–Kier alpha value is -1.43. The smallest absolute Gasteiger partial charge is 0.442 e. The Morgan fingerprint density at radius 3 is 2.34 bits per heavy atom. The van der Waals surface area contributed by atoms with Crippen molar-refractivity contribution in [3.05, 3.63) is 22.8 Å². The fourth-order valence-electron chi connectivity index (χ4n) is 2.05. The second kappa shape index (κ2) is 10.6. The number of hydrogen-bond donors (Lipinski definition) is 0. The molecule has 1 aromatic heterocycles. The number of unbranched alkanes of at least 4 members (excludes halogenated alkanes) is 1. The molecule has 0 aliphatic heterocycles. The van der Waals surface area contributed by atoms with Gasteiger partial charge in [-0.25, -0.2) is 14.0 Å². The number of carbonyl (C=O) groups excluding carboxylic acids is 1. The van der Waals surface area contributed by atoms with Gasteiger partial charge >= 0.3 is 6.09 Å². The van der Waals surface area contributed by atoms with Crippen LogP contribution in [-0.2, 0) is 34.5 Å². The Morgan fingerprint density at radius 1 is 1.14 bits per heavy atom. The van der Waals surface area contributed by atoms with Crippen LogP contribution in [0.2, 0.25) is 5.15 Å². The van der Waals surface area contributed by atoms with Gasteiger partial charge in [0.2, 0.25) is 5.88 Å². The number of carbonyl (C=O) groups is 1. The summed E-state index contributed by atoms with van der Waals surface area (Å²) in [6.07, 6.45) is 2.48. The first-order valence-corrected chi connectivity index (χ1v) is 13.0. The van der Waals surface area contributed by atoms with E-state index in [1.165, 1.54) is 12.3 Å².